The van der Waals surface area contributed by atoms with Gasteiger partial charge < -0.3 is 18.8 Å². The Balaban J connectivity index is 1.61. The molecule has 1 unspecified atom stereocenters. The molecule has 9 nitrogen and oxygen atoms in total. The molecule has 0 saturated carbocycles. The molecule has 0 spiro atoms. The summed E-state index contributed by atoms with van der Waals surface area (Å²) in [5.41, 5.74) is 0.808. The summed E-state index contributed by atoms with van der Waals surface area (Å²) in [5.74, 6) is -1.21. The van der Waals surface area contributed by atoms with Crippen molar-refractivity contribution in [3.05, 3.63) is 87.6 Å². The molecule has 10 heteroatoms. The van der Waals surface area contributed by atoms with Gasteiger partial charge in [0.25, 0.3) is 5.88 Å². The zero-order valence-electron chi connectivity index (χ0n) is 27.6. The summed E-state index contributed by atoms with van der Waals surface area (Å²) >= 11 is 0. The SMILES string of the molecule is Cc1cncc2c1C(=O)C1=C(O)[C@]3(O[Si](C)(C)C(C)(C)C)C(=O)c4c(OCc5ccccc5)noc4C(N(C)C)[C@@H]3C[C@]1(C)C2. The van der Waals surface area contributed by atoms with Gasteiger partial charge in [-0.3, -0.25) is 19.5 Å². The Bertz CT molecular complexity index is 1720. The molecule has 3 aromatic rings. The van der Waals surface area contributed by atoms with Gasteiger partial charge in [-0.25, -0.2) is 0 Å². The van der Waals surface area contributed by atoms with Crippen LogP contribution in [0.25, 0.3) is 0 Å². The molecule has 1 aromatic carbocycles. The lowest BCUT2D eigenvalue weighted by molar-refractivity contribution is -0.0579. The van der Waals surface area contributed by atoms with Gasteiger partial charge in [-0.15, -0.1) is 0 Å². The predicted octanol–water partition coefficient (Wildman–Crippen LogP) is 6.79. The van der Waals surface area contributed by atoms with Crippen molar-refractivity contribution in [1.82, 2.24) is 15.0 Å². The number of carbonyl (C=O) groups excluding carboxylic acids is 2. The van der Waals surface area contributed by atoms with E-state index in [9.17, 15) is 9.90 Å². The highest BCUT2D eigenvalue weighted by Gasteiger charge is 2.69. The Labute approximate surface area is 265 Å². The van der Waals surface area contributed by atoms with E-state index in [0.717, 1.165) is 16.7 Å². The molecule has 2 aromatic heterocycles. The molecule has 0 fully saturated rings. The van der Waals surface area contributed by atoms with Crippen molar-refractivity contribution in [3.63, 3.8) is 0 Å². The number of aromatic nitrogens is 2. The molecule has 0 aliphatic heterocycles. The van der Waals surface area contributed by atoms with E-state index in [1.807, 2.05) is 63.2 Å². The van der Waals surface area contributed by atoms with E-state index < -0.39 is 37.1 Å². The molecule has 1 N–H and O–H groups in total. The van der Waals surface area contributed by atoms with Crippen LogP contribution in [-0.4, -0.2) is 59.7 Å². The Morgan fingerprint density at radius 1 is 1.11 bits per heavy atom. The van der Waals surface area contributed by atoms with Crippen molar-refractivity contribution in [2.24, 2.45) is 11.3 Å². The first kappa shape index (κ1) is 31.4. The standard InChI is InChI=1S/C35H43N3O6Si/c1-20-17-36-18-22-15-34(5)16-23-27(38(6)7)29-25(32(37-43-29)42-19-21-13-11-10-12-14-21)30(40)35(23,44-45(8,9)33(2,3)4)31(41)26(34)28(39)24(20)22/h10-14,17-18,23,27,41H,15-16,19H2,1-9H3/t23-,27?,34-,35+/m0/s1. The number of hydrogen-bond acceptors (Lipinski definition) is 9. The van der Waals surface area contributed by atoms with Gasteiger partial charge in [0.05, 0.1) is 6.04 Å². The highest BCUT2D eigenvalue weighted by atomic mass is 28.4. The number of fused-ring (bicyclic) bond motifs is 4. The third-order valence-corrected chi connectivity index (χ3v) is 15.0. The highest BCUT2D eigenvalue weighted by molar-refractivity contribution is 6.74. The maximum atomic E-state index is 15.2. The third-order valence-electron chi connectivity index (χ3n) is 10.5. The van der Waals surface area contributed by atoms with Gasteiger partial charge in [0.2, 0.25) is 5.78 Å². The lowest BCUT2D eigenvalue weighted by Gasteiger charge is -2.57. The number of pyridine rings is 1. The molecule has 3 aliphatic carbocycles. The number of rotatable bonds is 6. The Hall–Kier alpha value is -3.60. The maximum absolute atomic E-state index is 15.2. The van der Waals surface area contributed by atoms with E-state index in [0.29, 0.717) is 24.2 Å². The van der Waals surface area contributed by atoms with Crippen molar-refractivity contribution < 1.29 is 28.4 Å². The van der Waals surface area contributed by atoms with Crippen LogP contribution in [0.1, 0.15) is 83.3 Å². The minimum absolute atomic E-state index is 0.0516. The molecule has 6 rings (SSSR count). The first-order valence-corrected chi connectivity index (χ1v) is 18.4. The summed E-state index contributed by atoms with van der Waals surface area (Å²) in [6.07, 6.45) is 4.30. The molecule has 0 amide bonds. The van der Waals surface area contributed by atoms with Gasteiger partial charge in [-0.2, -0.15) is 0 Å². The van der Waals surface area contributed by atoms with Crippen molar-refractivity contribution in [2.45, 2.75) is 83.8 Å². The molecule has 3 aliphatic rings. The van der Waals surface area contributed by atoms with E-state index in [1.165, 1.54) is 0 Å². The Morgan fingerprint density at radius 3 is 2.44 bits per heavy atom. The van der Waals surface area contributed by atoms with Crippen LogP contribution in [0.3, 0.4) is 0 Å². The largest absolute Gasteiger partial charge is 0.508 e. The monoisotopic (exact) mass is 629 g/mol. The topological polar surface area (TPSA) is 115 Å². The summed E-state index contributed by atoms with van der Waals surface area (Å²) in [6, 6.07) is 9.10. The van der Waals surface area contributed by atoms with Crippen LogP contribution in [0.15, 0.2) is 58.6 Å². The van der Waals surface area contributed by atoms with E-state index >= 15 is 4.79 Å². The number of hydrogen-bond donors (Lipinski definition) is 1. The number of ether oxygens (including phenoxy) is 1. The molecule has 0 radical (unpaired) electrons. The average molecular weight is 630 g/mol. The van der Waals surface area contributed by atoms with E-state index in [4.69, 9.17) is 13.7 Å². The van der Waals surface area contributed by atoms with Gasteiger partial charge in [-0.05, 0) is 73.8 Å². The lowest BCUT2D eigenvalue weighted by atomic mass is 9.53. The van der Waals surface area contributed by atoms with Crippen LogP contribution in [-0.2, 0) is 17.5 Å². The normalized spacial score (nSPS) is 26.4. The molecular formula is C35H43N3O6Si. The second-order valence-electron chi connectivity index (χ2n) is 14.9. The fourth-order valence-electron chi connectivity index (χ4n) is 7.37. The molecule has 0 saturated heterocycles. The summed E-state index contributed by atoms with van der Waals surface area (Å²) in [4.78, 5) is 36.0. The molecule has 45 heavy (non-hydrogen) atoms. The van der Waals surface area contributed by atoms with Crippen molar-refractivity contribution in [1.29, 1.82) is 0 Å². The number of aryl methyl sites for hydroxylation is 1. The van der Waals surface area contributed by atoms with Gasteiger partial charge in [-0.1, -0.05) is 58.0 Å². The van der Waals surface area contributed by atoms with E-state index in [2.05, 4.69) is 44.0 Å². The molecule has 2 heterocycles. The summed E-state index contributed by atoms with van der Waals surface area (Å²) < 4.78 is 19.3. The number of aliphatic hydroxyl groups is 1. The Morgan fingerprint density at radius 2 is 1.80 bits per heavy atom. The number of allylic oxidation sites excluding steroid dienone is 1. The zero-order chi connectivity index (χ0) is 32.7. The minimum Gasteiger partial charge on any atom is -0.508 e. The molecule has 238 valence electrons. The van der Waals surface area contributed by atoms with Gasteiger partial charge in [0.1, 0.15) is 17.9 Å². The van der Waals surface area contributed by atoms with E-state index in [-0.39, 0.29) is 40.2 Å². The van der Waals surface area contributed by atoms with Crippen molar-refractivity contribution >= 4 is 19.9 Å². The van der Waals surface area contributed by atoms with Gasteiger partial charge in [0, 0.05) is 34.9 Å². The van der Waals surface area contributed by atoms with Gasteiger partial charge in [0.15, 0.2) is 25.5 Å². The minimum atomic E-state index is -2.78. The fraction of sp³-hybridized carbons (Fsp3) is 0.486. The quantitative estimate of drug-likeness (QED) is 0.294. The smallest absolute Gasteiger partial charge is 0.265 e. The number of Topliss-reactive ketones (excluding diaryl/α,β-unsaturated/α-hetero) is 2. The Kier molecular flexibility index (Phi) is 7.30. The van der Waals surface area contributed by atoms with E-state index in [1.54, 1.807) is 12.4 Å². The second kappa shape index (κ2) is 10.5. The summed E-state index contributed by atoms with van der Waals surface area (Å²) in [6.45, 7) is 14.4. The zero-order valence-corrected chi connectivity index (χ0v) is 28.6. The fourth-order valence-corrected chi connectivity index (χ4v) is 8.82. The van der Waals surface area contributed by atoms with Crippen molar-refractivity contribution in [2.75, 3.05) is 14.1 Å². The first-order chi connectivity index (χ1) is 21.0. The van der Waals surface area contributed by atoms with Crippen LogP contribution < -0.4 is 4.74 Å². The van der Waals surface area contributed by atoms with Gasteiger partial charge >= 0.3 is 0 Å². The molecule has 4 atom stereocenters. The lowest BCUT2D eigenvalue weighted by Crippen LogP contribution is -2.66. The second-order valence-corrected chi connectivity index (χ2v) is 19.7. The number of aliphatic hydroxyl groups excluding tert-OH is 1. The number of ketones is 2. The number of nitrogens with zero attached hydrogens (tertiary/aromatic N) is 3. The van der Waals surface area contributed by atoms with Crippen LogP contribution in [0.2, 0.25) is 18.1 Å². The van der Waals surface area contributed by atoms with Crippen LogP contribution in [0, 0.1) is 18.3 Å². The van der Waals surface area contributed by atoms with Crippen LogP contribution >= 0.6 is 0 Å². The summed E-state index contributed by atoms with van der Waals surface area (Å²) in [7, 11) is 1.06. The third kappa shape index (κ3) is 4.63. The highest BCUT2D eigenvalue weighted by Crippen LogP contribution is 2.62. The first-order valence-electron chi connectivity index (χ1n) is 15.5. The van der Waals surface area contributed by atoms with Crippen molar-refractivity contribution in [3.8, 4) is 5.88 Å². The maximum Gasteiger partial charge on any atom is 0.265 e. The van der Waals surface area contributed by atoms with Crippen LogP contribution in [0.4, 0.5) is 0 Å². The predicted molar refractivity (Wildman–Crippen MR) is 172 cm³/mol. The average Bonchev–Trinajstić information content (AvgIpc) is 3.36. The molecular weight excluding hydrogens is 586 g/mol. The number of carbonyl (C=O) groups is 2. The summed E-state index contributed by atoms with van der Waals surface area (Å²) in [5, 5.41) is 16.6. The van der Waals surface area contributed by atoms with Crippen LogP contribution in [0.5, 0.6) is 5.88 Å². The molecule has 0 bridgehead atoms. The number of benzene rings is 1.